The zero-order valence-corrected chi connectivity index (χ0v) is 13.7. The third kappa shape index (κ3) is 5.79. The van der Waals surface area contributed by atoms with Gasteiger partial charge in [0.2, 0.25) is 10.0 Å². The van der Waals surface area contributed by atoms with E-state index in [1.165, 1.54) is 0 Å². The molecule has 0 aliphatic heterocycles. The Bertz CT molecular complexity index is 575. The summed E-state index contributed by atoms with van der Waals surface area (Å²) in [6.07, 6.45) is 5.96. The molecule has 21 heavy (non-hydrogen) atoms. The standard InChI is InChI=1S/C11H23N3O5S2/c1-20(16,17)9-21(18,19)14-11(10(12)13-15)7-5-3-2-4-6-8-11/h14-15H,2-9H2,1H3,(H2,12,13). The summed E-state index contributed by atoms with van der Waals surface area (Å²) in [5.74, 6) is -0.221. The minimum absolute atomic E-state index is 0.221. The fourth-order valence-corrected chi connectivity index (χ4v) is 6.02. The van der Waals surface area contributed by atoms with Crippen molar-refractivity contribution in [3.8, 4) is 0 Å². The first-order valence-corrected chi connectivity index (χ1v) is 10.5. The molecule has 0 spiro atoms. The van der Waals surface area contributed by atoms with Crippen molar-refractivity contribution in [3.63, 3.8) is 0 Å². The van der Waals surface area contributed by atoms with E-state index in [4.69, 9.17) is 10.9 Å². The number of nitrogens with two attached hydrogens (primary N) is 1. The van der Waals surface area contributed by atoms with Crippen LogP contribution in [0.25, 0.3) is 0 Å². The maximum Gasteiger partial charge on any atom is 0.226 e. The fraction of sp³-hybridized carbons (Fsp3) is 0.909. The molecule has 0 amide bonds. The van der Waals surface area contributed by atoms with Crippen LogP contribution in [0.2, 0.25) is 0 Å². The molecule has 1 fully saturated rings. The summed E-state index contributed by atoms with van der Waals surface area (Å²) in [4.78, 5) is 0. The van der Waals surface area contributed by atoms with Crippen LogP contribution in [0.4, 0.5) is 0 Å². The second kappa shape index (κ2) is 6.93. The number of sulfonamides is 1. The Morgan fingerprint density at radius 2 is 1.62 bits per heavy atom. The summed E-state index contributed by atoms with van der Waals surface area (Å²) in [5, 5.41) is 10.9. The van der Waals surface area contributed by atoms with E-state index in [2.05, 4.69) is 9.88 Å². The Labute approximate surface area is 125 Å². The van der Waals surface area contributed by atoms with Crippen molar-refractivity contribution in [3.05, 3.63) is 0 Å². The Morgan fingerprint density at radius 1 is 1.14 bits per heavy atom. The number of amidine groups is 1. The van der Waals surface area contributed by atoms with Gasteiger partial charge in [-0.2, -0.15) is 0 Å². The van der Waals surface area contributed by atoms with Crippen LogP contribution in [0.3, 0.4) is 0 Å². The third-order valence-electron chi connectivity index (χ3n) is 3.53. The van der Waals surface area contributed by atoms with Crippen LogP contribution in [0.15, 0.2) is 5.16 Å². The Morgan fingerprint density at radius 3 is 2.05 bits per heavy atom. The molecule has 1 aliphatic rings. The van der Waals surface area contributed by atoms with E-state index in [1.807, 2.05) is 0 Å². The molecule has 0 aromatic rings. The third-order valence-corrected chi connectivity index (χ3v) is 7.18. The van der Waals surface area contributed by atoms with E-state index in [0.717, 1.165) is 38.4 Å². The van der Waals surface area contributed by atoms with Gasteiger partial charge in [-0.25, -0.2) is 21.6 Å². The zero-order valence-electron chi connectivity index (χ0n) is 12.1. The largest absolute Gasteiger partial charge is 0.409 e. The summed E-state index contributed by atoms with van der Waals surface area (Å²) in [6.45, 7) is 0. The molecule has 8 nitrogen and oxygen atoms in total. The Hall–Kier alpha value is -0.870. The van der Waals surface area contributed by atoms with Gasteiger partial charge in [0.25, 0.3) is 0 Å². The number of hydrogen-bond donors (Lipinski definition) is 3. The summed E-state index contributed by atoms with van der Waals surface area (Å²) < 4.78 is 48.9. The van der Waals surface area contributed by atoms with Gasteiger partial charge in [0, 0.05) is 6.26 Å². The number of hydrogen-bond acceptors (Lipinski definition) is 6. The van der Waals surface area contributed by atoms with E-state index >= 15 is 0 Å². The second-order valence-corrected chi connectivity index (χ2v) is 9.82. The van der Waals surface area contributed by atoms with Crippen molar-refractivity contribution in [1.29, 1.82) is 0 Å². The van der Waals surface area contributed by atoms with E-state index < -0.39 is 30.5 Å². The number of rotatable bonds is 5. The van der Waals surface area contributed by atoms with Crippen LogP contribution >= 0.6 is 0 Å². The first-order chi connectivity index (χ1) is 9.60. The summed E-state index contributed by atoms with van der Waals surface area (Å²) in [5.41, 5.74) is 4.49. The highest BCUT2D eigenvalue weighted by Gasteiger charge is 2.39. The normalized spacial score (nSPS) is 21.5. The van der Waals surface area contributed by atoms with Crippen LogP contribution in [0, 0.1) is 0 Å². The molecule has 0 radical (unpaired) electrons. The molecule has 10 heteroatoms. The van der Waals surface area contributed by atoms with Gasteiger partial charge in [-0.05, 0) is 12.8 Å². The molecule has 124 valence electrons. The van der Waals surface area contributed by atoms with Gasteiger partial charge in [0.15, 0.2) is 20.8 Å². The SMILES string of the molecule is CS(=O)(=O)CS(=O)(=O)NC1(C(N)=NO)CCCCCCC1. The minimum atomic E-state index is -4.09. The van der Waals surface area contributed by atoms with E-state index in [1.54, 1.807) is 0 Å². The van der Waals surface area contributed by atoms with Gasteiger partial charge >= 0.3 is 0 Å². The molecule has 0 atom stereocenters. The Kier molecular flexibility index (Phi) is 6.00. The fourth-order valence-electron chi connectivity index (χ4n) is 2.62. The zero-order chi connectivity index (χ0) is 16.1. The molecule has 1 saturated carbocycles. The van der Waals surface area contributed by atoms with Gasteiger partial charge in [-0.3, -0.25) is 0 Å². The lowest BCUT2D eigenvalue weighted by molar-refractivity contribution is 0.299. The van der Waals surface area contributed by atoms with Crippen LogP contribution in [0.5, 0.6) is 0 Å². The van der Waals surface area contributed by atoms with Gasteiger partial charge < -0.3 is 10.9 Å². The van der Waals surface area contributed by atoms with E-state index in [9.17, 15) is 16.8 Å². The van der Waals surface area contributed by atoms with E-state index in [0.29, 0.717) is 12.8 Å². The average molecular weight is 341 g/mol. The summed E-state index contributed by atoms with van der Waals surface area (Å²) >= 11 is 0. The maximum absolute atomic E-state index is 12.1. The highest BCUT2D eigenvalue weighted by Crippen LogP contribution is 2.27. The predicted octanol–water partition coefficient (Wildman–Crippen LogP) is 0.137. The number of nitrogens with zero attached hydrogens (tertiary/aromatic N) is 1. The molecule has 1 rings (SSSR count). The highest BCUT2D eigenvalue weighted by atomic mass is 32.3. The van der Waals surface area contributed by atoms with Gasteiger partial charge in [0.1, 0.15) is 0 Å². The van der Waals surface area contributed by atoms with Gasteiger partial charge in [0.05, 0.1) is 5.54 Å². The lowest BCUT2D eigenvalue weighted by Gasteiger charge is -2.34. The van der Waals surface area contributed by atoms with Crippen molar-refractivity contribution >= 4 is 25.7 Å². The van der Waals surface area contributed by atoms with Crippen LogP contribution in [-0.2, 0) is 19.9 Å². The van der Waals surface area contributed by atoms with Crippen LogP contribution in [0.1, 0.15) is 44.9 Å². The van der Waals surface area contributed by atoms with Gasteiger partial charge in [-0.1, -0.05) is 37.3 Å². The predicted molar refractivity (Wildman–Crippen MR) is 80.2 cm³/mol. The molecule has 0 saturated heterocycles. The van der Waals surface area contributed by atoms with E-state index in [-0.39, 0.29) is 5.84 Å². The van der Waals surface area contributed by atoms with Crippen molar-refractivity contribution in [2.24, 2.45) is 10.9 Å². The molecule has 0 aromatic heterocycles. The van der Waals surface area contributed by atoms with Gasteiger partial charge in [-0.15, -0.1) is 0 Å². The van der Waals surface area contributed by atoms with Crippen LogP contribution in [-0.4, -0.2) is 44.8 Å². The minimum Gasteiger partial charge on any atom is -0.409 e. The highest BCUT2D eigenvalue weighted by molar-refractivity contribution is 8.06. The molecular formula is C11H23N3O5S2. The molecular weight excluding hydrogens is 318 g/mol. The molecule has 0 bridgehead atoms. The Balaban J connectivity index is 3.07. The quantitative estimate of drug-likeness (QED) is 0.281. The maximum atomic E-state index is 12.1. The summed E-state index contributed by atoms with van der Waals surface area (Å²) in [7, 11) is -7.79. The summed E-state index contributed by atoms with van der Waals surface area (Å²) in [6, 6.07) is 0. The molecule has 4 N–H and O–H groups in total. The first kappa shape index (κ1) is 18.2. The molecule has 1 aliphatic carbocycles. The monoisotopic (exact) mass is 341 g/mol. The van der Waals surface area contributed by atoms with Crippen molar-refractivity contribution in [2.75, 3.05) is 11.3 Å². The molecule has 0 aromatic carbocycles. The average Bonchev–Trinajstić information content (AvgIpc) is 2.28. The lowest BCUT2D eigenvalue weighted by atomic mass is 9.84. The molecule has 0 unspecified atom stereocenters. The second-order valence-electron chi connectivity index (χ2n) is 5.60. The first-order valence-electron chi connectivity index (χ1n) is 6.78. The van der Waals surface area contributed by atoms with Crippen molar-refractivity contribution in [2.45, 2.75) is 50.5 Å². The molecule has 0 heterocycles. The van der Waals surface area contributed by atoms with Crippen molar-refractivity contribution in [1.82, 2.24) is 4.72 Å². The van der Waals surface area contributed by atoms with Crippen LogP contribution < -0.4 is 10.5 Å². The topological polar surface area (TPSA) is 139 Å². The number of sulfone groups is 1. The number of oxime groups is 1. The number of nitrogens with one attached hydrogen (secondary N) is 1. The smallest absolute Gasteiger partial charge is 0.226 e. The van der Waals surface area contributed by atoms with Crippen molar-refractivity contribution < 1.29 is 22.0 Å². The lowest BCUT2D eigenvalue weighted by Crippen LogP contribution is -2.58.